The fourth-order valence-corrected chi connectivity index (χ4v) is 128. The van der Waals surface area contributed by atoms with Crippen molar-refractivity contribution in [2.45, 2.75) is 328 Å². The molecule has 4 rings (SSSR count). The first-order valence-corrected chi connectivity index (χ1v) is 107. The minimum Gasteiger partial charge on any atom is -0.437 e. The van der Waals surface area contributed by atoms with Crippen LogP contribution < -0.4 is 20.7 Å². The van der Waals surface area contributed by atoms with Gasteiger partial charge in [0.1, 0.15) is 0 Å². The molecule has 672 valence electrons. The van der Waals surface area contributed by atoms with Crippen LogP contribution in [-0.2, 0) is 61.7 Å². The Balaban J connectivity index is 1.81. The molecule has 0 radical (unpaired) electrons. The molecule has 4 aromatic rings. The monoisotopic (exact) mass is 2000 g/mol. The molecule has 0 bridgehead atoms. The van der Waals surface area contributed by atoms with Gasteiger partial charge in [-0.25, -0.2) is 0 Å². The second-order valence-corrected chi connectivity index (χ2v) is 133. The fraction of sp³-hybridized carbons (Fsp3) is 0.630. The molecule has 3 atom stereocenters. The predicted molar refractivity (Wildman–Crippen MR) is 564 cm³/mol. The normalized spacial score (nSPS) is 16.5. The lowest BCUT2D eigenvalue weighted by atomic mass is 10.4. The van der Waals surface area contributed by atoms with Gasteiger partial charge in [-0.2, -0.15) is 0 Å². The molecular formula is C81H170O15Si22. The Hall–Kier alpha value is 0.271. The van der Waals surface area contributed by atoms with E-state index in [4.69, 9.17) is 61.7 Å². The number of hydrogen-bond donors (Lipinski definition) is 0. The third-order valence-corrected chi connectivity index (χ3v) is 107. The van der Waals surface area contributed by atoms with Gasteiger partial charge in [0.15, 0.2) is 125 Å². The number of benzene rings is 4. The lowest BCUT2D eigenvalue weighted by Gasteiger charge is -2.47. The number of rotatable bonds is 55. The Kier molecular flexibility index (Phi) is 39.4. The Labute approximate surface area is 746 Å². The van der Waals surface area contributed by atoms with Gasteiger partial charge in [0, 0.05) is 5.19 Å². The van der Waals surface area contributed by atoms with Gasteiger partial charge in [-0.05, 0) is 343 Å². The van der Waals surface area contributed by atoms with Crippen molar-refractivity contribution in [1.82, 2.24) is 0 Å². The first kappa shape index (κ1) is 111. The van der Waals surface area contributed by atoms with Gasteiger partial charge >= 0.3 is 60.2 Å². The van der Waals surface area contributed by atoms with Crippen molar-refractivity contribution < 1.29 is 61.7 Å². The molecule has 0 amide bonds. The maximum Gasteiger partial charge on any atom is 0.505 e. The second-order valence-electron chi connectivity index (χ2n) is 44.1. The Bertz CT molecular complexity index is 3450. The summed E-state index contributed by atoms with van der Waals surface area (Å²) in [5, 5.41) is 4.54. The van der Waals surface area contributed by atoms with Crippen molar-refractivity contribution in [2.75, 3.05) is 0 Å². The average molecular weight is 2000 g/mol. The lowest BCUT2D eigenvalue weighted by Crippen LogP contribution is -2.68. The predicted octanol–water partition coefficient (Wildman–Crippen LogP) is 24.4. The van der Waals surface area contributed by atoms with E-state index < -0.39 is 185 Å². The second kappa shape index (κ2) is 42.0. The summed E-state index contributed by atoms with van der Waals surface area (Å²) in [7, 11) is -56.1. The molecule has 3 unspecified atom stereocenters. The summed E-state index contributed by atoms with van der Waals surface area (Å²) in [6, 6.07) is 54.6. The SMILES string of the molecule is C=C[Si](C)(C)O[Si](C)(C)O[Si](C)(C)CC[Si](C)(C)O[Si](C)(O[Si](C)(C)CC[Si](C)(C)O[Si](O[Si](C)(C)CC[Si](C)(C)O[Si](C)(O[Si](C)(C)CC[Si](C)(C)O[Si](C)(C)O[Si](C)(C)C=C)c1ccccc1)(O[Si](C)(C)CC[Si](C)(C)O[Si](C)(O[Si](C)(C)CC[Si](C)(C)O[Si](C)(C)O[Si](C)(C)C=C)c1ccccc1)c1ccccc1)c1ccccc1. The van der Waals surface area contributed by atoms with Gasteiger partial charge in [0.05, 0.1) is 0 Å². The van der Waals surface area contributed by atoms with Gasteiger partial charge < -0.3 is 61.7 Å². The zero-order valence-corrected chi connectivity index (χ0v) is 104. The van der Waals surface area contributed by atoms with E-state index in [-0.39, 0.29) is 0 Å². The Morgan fingerprint density at radius 1 is 0.178 bits per heavy atom. The van der Waals surface area contributed by atoms with E-state index in [0.717, 1.165) is 77.7 Å². The molecule has 0 heterocycles. The highest BCUT2D eigenvalue weighted by molar-refractivity contribution is 7.01. The highest BCUT2D eigenvalue weighted by atomic mass is 28.5. The largest absolute Gasteiger partial charge is 0.505 e. The minimum absolute atomic E-state index is 0.855. The molecule has 0 fully saturated rings. The molecule has 0 saturated heterocycles. The molecule has 0 spiro atoms. The molecule has 15 nitrogen and oxygen atoms in total. The maximum absolute atomic E-state index is 8.31. The third-order valence-electron chi connectivity index (χ3n) is 21.6. The quantitative estimate of drug-likeness (QED) is 0.0387. The van der Waals surface area contributed by atoms with Crippen LogP contribution in [0, 0.1) is 0 Å². The van der Waals surface area contributed by atoms with Crippen molar-refractivity contribution in [3.63, 3.8) is 0 Å². The van der Waals surface area contributed by atoms with E-state index in [2.05, 4.69) is 396 Å². The smallest absolute Gasteiger partial charge is 0.437 e. The number of hydrogen-bond acceptors (Lipinski definition) is 15. The first-order chi connectivity index (χ1) is 53.0. The summed E-state index contributed by atoms with van der Waals surface area (Å²) in [6.07, 6.45) is 0. The highest BCUT2D eigenvalue weighted by Crippen LogP contribution is 2.40. The summed E-state index contributed by atoms with van der Waals surface area (Å²) in [6.45, 7) is 103. The summed E-state index contributed by atoms with van der Waals surface area (Å²) in [4.78, 5) is 0. The first-order valence-electron chi connectivity index (χ1n) is 43.6. The fourth-order valence-electron chi connectivity index (χ4n) is 16.1. The maximum atomic E-state index is 8.31. The van der Waals surface area contributed by atoms with Crippen LogP contribution >= 0.6 is 0 Å². The van der Waals surface area contributed by atoms with Crippen LogP contribution in [0.15, 0.2) is 158 Å². The summed E-state index contributed by atoms with van der Waals surface area (Å²) in [5.74, 6) is 0. The molecule has 0 N–H and O–H groups in total. The van der Waals surface area contributed by atoms with Crippen LogP contribution in [0.3, 0.4) is 0 Å². The molecule has 118 heavy (non-hydrogen) atoms. The highest BCUT2D eigenvalue weighted by Gasteiger charge is 2.58. The van der Waals surface area contributed by atoms with E-state index in [9.17, 15) is 0 Å². The molecule has 0 saturated carbocycles. The van der Waals surface area contributed by atoms with Gasteiger partial charge in [0.25, 0.3) is 0 Å². The van der Waals surface area contributed by atoms with Crippen LogP contribution in [0.25, 0.3) is 0 Å². The summed E-state index contributed by atoms with van der Waals surface area (Å²) in [5.41, 5.74) is 6.05. The molecular weight excluding hydrogens is 1830 g/mol. The van der Waals surface area contributed by atoms with Crippen LogP contribution in [-0.4, -0.2) is 185 Å². The van der Waals surface area contributed by atoms with E-state index in [1.165, 1.54) is 15.6 Å². The van der Waals surface area contributed by atoms with Crippen molar-refractivity contribution in [3.05, 3.63) is 158 Å². The zero-order valence-electron chi connectivity index (χ0n) is 82.0. The van der Waals surface area contributed by atoms with Crippen LogP contribution in [0.4, 0.5) is 0 Å². The molecule has 0 aliphatic carbocycles. The van der Waals surface area contributed by atoms with Crippen molar-refractivity contribution in [3.8, 4) is 0 Å². The van der Waals surface area contributed by atoms with Gasteiger partial charge in [-0.15, -0.1) is 19.7 Å². The van der Waals surface area contributed by atoms with Gasteiger partial charge in [-0.3, -0.25) is 0 Å². The van der Waals surface area contributed by atoms with Crippen molar-refractivity contribution >= 4 is 206 Å². The molecule has 4 aromatic carbocycles. The van der Waals surface area contributed by atoms with Gasteiger partial charge in [-0.1, -0.05) is 138 Å². The van der Waals surface area contributed by atoms with E-state index in [1.807, 2.05) is 17.1 Å². The van der Waals surface area contributed by atoms with Crippen LogP contribution in [0.5, 0.6) is 0 Å². The van der Waals surface area contributed by atoms with Crippen LogP contribution in [0.2, 0.25) is 328 Å². The molecule has 37 heteroatoms. The topological polar surface area (TPSA) is 138 Å². The zero-order chi connectivity index (χ0) is 90.7. The summed E-state index contributed by atoms with van der Waals surface area (Å²) >= 11 is 0. The van der Waals surface area contributed by atoms with Crippen molar-refractivity contribution in [2.24, 2.45) is 0 Å². The summed E-state index contributed by atoms with van der Waals surface area (Å²) < 4.78 is 113. The standard InChI is InChI=1S/C81H170O15Si22/c1-43-97(4,5)82-112(34,35)85-100(10,11)66-69-103(16,17)88-115(40,78-58-50-46-51-59-78)91-106(22,23)72-75-109(28,29)94-118(81-64-56-49-57-65-81,95-110(30,31)76-73-107(24,25)92-116(41,79-60-52-47-53-61-79)89-104(18,19)70-67-101(12,13)86-113(36,37)83-98(6,7)44-2)96-111(32,33)77-74-108(26,27)93-117(42,80-62-54-48-55-63-80)90-105(20,21)71-68-102(14,15)87-114(38,39)84-99(8,9)45-3/h43-65H,1-3,66-77H2,4-42H3. The van der Waals surface area contributed by atoms with E-state index in [1.54, 1.807) is 0 Å². The minimum atomic E-state index is -3.89. The Morgan fingerprint density at radius 2 is 0.314 bits per heavy atom. The molecule has 0 aliphatic rings. The van der Waals surface area contributed by atoms with E-state index >= 15 is 0 Å². The van der Waals surface area contributed by atoms with Crippen LogP contribution in [0.1, 0.15) is 0 Å². The van der Waals surface area contributed by atoms with E-state index in [0.29, 0.717) is 0 Å². The average Bonchev–Trinajstić information content (AvgIpc) is 0.769. The molecule has 0 aliphatic heterocycles. The third kappa shape index (κ3) is 39.7. The van der Waals surface area contributed by atoms with Crippen molar-refractivity contribution in [1.29, 1.82) is 0 Å². The van der Waals surface area contributed by atoms with Gasteiger partial charge in [0.2, 0.25) is 0 Å². The molecule has 0 aromatic heterocycles. The lowest BCUT2D eigenvalue weighted by molar-refractivity contribution is 0.267. The Morgan fingerprint density at radius 3 is 0.466 bits per heavy atom.